The summed E-state index contributed by atoms with van der Waals surface area (Å²) in [4.78, 5) is 15.6. The van der Waals surface area contributed by atoms with E-state index in [1.165, 1.54) is 37.7 Å². The number of carbonyl (C=O) groups is 1. The number of hydrogen-bond donors (Lipinski definition) is 1. The van der Waals surface area contributed by atoms with Gasteiger partial charge in [0.25, 0.3) is 0 Å². The van der Waals surface area contributed by atoms with E-state index in [4.69, 9.17) is 5.73 Å². The summed E-state index contributed by atoms with van der Waals surface area (Å²) in [6, 6.07) is 10.7. The van der Waals surface area contributed by atoms with Crippen LogP contribution in [0.15, 0.2) is 30.3 Å². The third-order valence-corrected chi connectivity index (χ3v) is 7.80. The van der Waals surface area contributed by atoms with E-state index in [9.17, 15) is 4.79 Å². The highest BCUT2D eigenvalue weighted by Crippen LogP contribution is 2.57. The predicted molar refractivity (Wildman–Crippen MR) is 106 cm³/mol. The van der Waals surface area contributed by atoms with Crippen molar-refractivity contribution in [2.45, 2.75) is 38.0 Å². The van der Waals surface area contributed by atoms with Crippen LogP contribution in [0.2, 0.25) is 0 Å². The summed E-state index contributed by atoms with van der Waals surface area (Å²) in [7, 11) is 0. The summed E-state index contributed by atoms with van der Waals surface area (Å²) < 4.78 is 0. The van der Waals surface area contributed by atoms with Crippen molar-refractivity contribution in [3.63, 3.8) is 0 Å². The third-order valence-electron chi connectivity index (χ3n) is 7.80. The van der Waals surface area contributed by atoms with Crippen molar-refractivity contribution in [3.05, 3.63) is 35.9 Å². The molecule has 4 bridgehead atoms. The maximum atomic E-state index is 13.5. The molecule has 0 unspecified atom stereocenters. The molecule has 6 rings (SSSR count). The predicted octanol–water partition coefficient (Wildman–Crippen LogP) is 3.68. The standard InChI is InChI=1S/C22H30N2O.ClH/c23-11-19-12-24(13-20(19)16-4-2-1-3-5-16)22(25)21-17-7-14-6-15(9-17)10-18(21)8-14;/h1-5,14-15,17-21H,6-13,23H2;1H/t14?,15?,17?,18?,19-,20+,21?;/m1./s1. The first-order valence-corrected chi connectivity index (χ1v) is 10.3. The molecule has 2 N–H and O–H groups in total. The number of likely N-dealkylation sites (tertiary alicyclic amines) is 1. The zero-order valence-corrected chi connectivity index (χ0v) is 16.2. The van der Waals surface area contributed by atoms with Crippen LogP contribution in [0.4, 0.5) is 0 Å². The zero-order chi connectivity index (χ0) is 17.0. The van der Waals surface area contributed by atoms with E-state index in [0.29, 0.717) is 42.0 Å². The van der Waals surface area contributed by atoms with Crippen molar-refractivity contribution in [2.75, 3.05) is 19.6 Å². The second kappa shape index (κ2) is 7.16. The van der Waals surface area contributed by atoms with Crippen molar-refractivity contribution < 1.29 is 4.79 Å². The number of hydrogen-bond acceptors (Lipinski definition) is 2. The number of rotatable bonds is 3. The molecule has 1 heterocycles. The normalized spacial score (nSPS) is 40.5. The van der Waals surface area contributed by atoms with Gasteiger partial charge in [0.1, 0.15) is 0 Å². The molecule has 0 radical (unpaired) electrons. The van der Waals surface area contributed by atoms with Crippen LogP contribution in [0.3, 0.4) is 0 Å². The fourth-order valence-electron chi connectivity index (χ4n) is 6.91. The van der Waals surface area contributed by atoms with E-state index < -0.39 is 0 Å². The number of carbonyl (C=O) groups excluding carboxylic acids is 1. The SMILES string of the molecule is Cl.NC[C@@H]1CN(C(=O)C2C3CC4CC(C3)CC2C4)C[C@H]1c1ccccc1. The van der Waals surface area contributed by atoms with Crippen molar-refractivity contribution in [1.29, 1.82) is 0 Å². The van der Waals surface area contributed by atoms with Crippen LogP contribution in [-0.2, 0) is 4.79 Å². The average molecular weight is 375 g/mol. The fourth-order valence-corrected chi connectivity index (χ4v) is 6.91. The Bertz CT molecular complexity index is 621. The largest absolute Gasteiger partial charge is 0.341 e. The molecule has 4 aliphatic carbocycles. The maximum absolute atomic E-state index is 13.5. The minimum Gasteiger partial charge on any atom is -0.341 e. The third kappa shape index (κ3) is 2.97. The van der Waals surface area contributed by atoms with Crippen molar-refractivity contribution in [2.24, 2.45) is 41.2 Å². The summed E-state index contributed by atoms with van der Waals surface area (Å²) in [5.74, 6) is 4.81. The zero-order valence-electron chi connectivity index (χ0n) is 15.4. The lowest BCUT2D eigenvalue weighted by Crippen LogP contribution is -2.51. The van der Waals surface area contributed by atoms with Gasteiger partial charge in [-0.05, 0) is 73.8 Å². The van der Waals surface area contributed by atoms with Gasteiger partial charge in [-0.15, -0.1) is 12.4 Å². The van der Waals surface area contributed by atoms with E-state index in [2.05, 4.69) is 35.2 Å². The van der Waals surface area contributed by atoms with Crippen LogP contribution < -0.4 is 5.73 Å². The molecule has 0 aromatic heterocycles. The lowest BCUT2D eigenvalue weighted by molar-refractivity contribution is -0.148. The van der Waals surface area contributed by atoms with Gasteiger partial charge in [0.05, 0.1) is 0 Å². The van der Waals surface area contributed by atoms with Gasteiger partial charge in [-0.3, -0.25) is 4.79 Å². The van der Waals surface area contributed by atoms with E-state index in [1.807, 2.05) is 0 Å². The van der Waals surface area contributed by atoms with E-state index in [-0.39, 0.29) is 12.4 Å². The number of halogens is 1. The van der Waals surface area contributed by atoms with Gasteiger partial charge in [-0.1, -0.05) is 30.3 Å². The average Bonchev–Trinajstić information content (AvgIpc) is 3.06. The number of nitrogens with zero attached hydrogens (tertiary/aromatic N) is 1. The van der Waals surface area contributed by atoms with Crippen molar-refractivity contribution in [1.82, 2.24) is 4.90 Å². The molecule has 4 heteroatoms. The first-order chi connectivity index (χ1) is 12.2. The van der Waals surface area contributed by atoms with Gasteiger partial charge in [0.15, 0.2) is 0 Å². The van der Waals surface area contributed by atoms with Gasteiger partial charge >= 0.3 is 0 Å². The van der Waals surface area contributed by atoms with Crippen LogP contribution in [0.5, 0.6) is 0 Å². The summed E-state index contributed by atoms with van der Waals surface area (Å²) in [6.45, 7) is 2.40. The molecule has 1 saturated heterocycles. The number of amides is 1. The number of nitrogens with two attached hydrogens (primary N) is 1. The lowest BCUT2D eigenvalue weighted by Gasteiger charge is -2.54. The van der Waals surface area contributed by atoms with Gasteiger partial charge in [-0.25, -0.2) is 0 Å². The molecular formula is C22H31ClN2O. The molecule has 1 aromatic carbocycles. The van der Waals surface area contributed by atoms with Crippen LogP contribution in [0.25, 0.3) is 0 Å². The topological polar surface area (TPSA) is 46.3 Å². The van der Waals surface area contributed by atoms with Gasteiger partial charge in [0.2, 0.25) is 5.91 Å². The first kappa shape index (κ1) is 18.3. The summed E-state index contributed by atoms with van der Waals surface area (Å²) >= 11 is 0. The van der Waals surface area contributed by atoms with Crippen LogP contribution in [-0.4, -0.2) is 30.4 Å². The molecule has 26 heavy (non-hydrogen) atoms. The van der Waals surface area contributed by atoms with Gasteiger partial charge in [-0.2, -0.15) is 0 Å². The summed E-state index contributed by atoms with van der Waals surface area (Å²) in [5, 5.41) is 0. The van der Waals surface area contributed by atoms with E-state index in [0.717, 1.165) is 24.9 Å². The fraction of sp³-hybridized carbons (Fsp3) is 0.682. The highest BCUT2D eigenvalue weighted by atomic mass is 35.5. The lowest BCUT2D eigenvalue weighted by atomic mass is 9.51. The molecule has 1 amide bonds. The van der Waals surface area contributed by atoms with Crippen LogP contribution in [0, 0.1) is 35.5 Å². The Hall–Kier alpha value is -1.06. The van der Waals surface area contributed by atoms with Gasteiger partial charge in [0, 0.05) is 24.9 Å². The highest BCUT2D eigenvalue weighted by molar-refractivity contribution is 5.85. The summed E-state index contributed by atoms with van der Waals surface area (Å²) in [6.07, 6.45) is 6.72. The van der Waals surface area contributed by atoms with Crippen LogP contribution in [0.1, 0.15) is 43.6 Å². The van der Waals surface area contributed by atoms with Crippen molar-refractivity contribution >= 4 is 18.3 Å². The molecule has 1 aliphatic heterocycles. The molecule has 5 fully saturated rings. The summed E-state index contributed by atoms with van der Waals surface area (Å²) in [5.41, 5.74) is 7.43. The van der Waals surface area contributed by atoms with Crippen molar-refractivity contribution in [3.8, 4) is 0 Å². The Morgan fingerprint density at radius 3 is 2.15 bits per heavy atom. The molecule has 3 nitrogen and oxygen atoms in total. The minimum absolute atomic E-state index is 0. The Balaban J connectivity index is 0.00000168. The second-order valence-electron chi connectivity index (χ2n) is 9.21. The molecule has 4 saturated carbocycles. The van der Waals surface area contributed by atoms with E-state index in [1.54, 1.807) is 0 Å². The second-order valence-corrected chi connectivity index (χ2v) is 9.21. The van der Waals surface area contributed by atoms with E-state index >= 15 is 0 Å². The van der Waals surface area contributed by atoms with Crippen LogP contribution >= 0.6 is 12.4 Å². The Labute approximate surface area is 163 Å². The molecule has 142 valence electrons. The molecule has 2 atom stereocenters. The molecular weight excluding hydrogens is 344 g/mol. The Kier molecular flexibility index (Phi) is 5.04. The molecule has 5 aliphatic rings. The monoisotopic (exact) mass is 374 g/mol. The Morgan fingerprint density at radius 1 is 0.962 bits per heavy atom. The Morgan fingerprint density at radius 2 is 1.58 bits per heavy atom. The molecule has 1 aromatic rings. The quantitative estimate of drug-likeness (QED) is 0.877. The maximum Gasteiger partial charge on any atom is 0.226 e. The van der Waals surface area contributed by atoms with Gasteiger partial charge < -0.3 is 10.6 Å². The minimum atomic E-state index is 0. The highest BCUT2D eigenvalue weighted by Gasteiger charge is 2.52. The number of benzene rings is 1. The smallest absolute Gasteiger partial charge is 0.226 e. The molecule has 0 spiro atoms. The first-order valence-electron chi connectivity index (χ1n) is 10.3.